The quantitative estimate of drug-likeness (QED) is 0.849. The van der Waals surface area contributed by atoms with E-state index in [2.05, 4.69) is 10.3 Å². The molecule has 96 valence electrons. The van der Waals surface area contributed by atoms with Gasteiger partial charge in [-0.2, -0.15) is 0 Å². The summed E-state index contributed by atoms with van der Waals surface area (Å²) in [7, 11) is 1.94. The summed E-state index contributed by atoms with van der Waals surface area (Å²) in [4.78, 5) is 15.8. The standard InChI is InChI=1S/C13H17N3O2/c1-13(2,18)12(17)14-7-9-4-5-11-10(6-9)15-8-16(11)3/h4-6,8,18H,7H2,1-3H3,(H,14,17). The molecular weight excluding hydrogens is 230 g/mol. The highest BCUT2D eigenvalue weighted by Gasteiger charge is 2.22. The van der Waals surface area contributed by atoms with E-state index >= 15 is 0 Å². The molecule has 18 heavy (non-hydrogen) atoms. The first-order chi connectivity index (χ1) is 8.38. The third kappa shape index (κ3) is 2.51. The Kier molecular flexibility index (Phi) is 3.09. The highest BCUT2D eigenvalue weighted by molar-refractivity contribution is 5.84. The SMILES string of the molecule is Cn1cnc2cc(CNC(=O)C(C)(C)O)ccc21. The van der Waals surface area contributed by atoms with E-state index in [-0.39, 0.29) is 5.91 Å². The molecule has 0 aliphatic carbocycles. The second-order valence-electron chi connectivity index (χ2n) is 4.92. The Morgan fingerprint density at radius 2 is 2.22 bits per heavy atom. The zero-order valence-corrected chi connectivity index (χ0v) is 10.8. The van der Waals surface area contributed by atoms with E-state index in [0.717, 1.165) is 16.6 Å². The fourth-order valence-electron chi connectivity index (χ4n) is 1.69. The van der Waals surface area contributed by atoms with Crippen molar-refractivity contribution in [2.45, 2.75) is 26.0 Å². The summed E-state index contributed by atoms with van der Waals surface area (Å²) in [6.45, 7) is 3.31. The largest absolute Gasteiger partial charge is 0.381 e. The summed E-state index contributed by atoms with van der Waals surface area (Å²) in [5.41, 5.74) is 1.55. The maximum Gasteiger partial charge on any atom is 0.251 e. The number of imidazole rings is 1. The van der Waals surface area contributed by atoms with Crippen molar-refractivity contribution in [2.24, 2.45) is 7.05 Å². The van der Waals surface area contributed by atoms with E-state index in [9.17, 15) is 9.90 Å². The van der Waals surface area contributed by atoms with Crippen molar-refractivity contribution < 1.29 is 9.90 Å². The molecule has 0 unspecified atom stereocenters. The summed E-state index contributed by atoms with van der Waals surface area (Å²) in [6, 6.07) is 5.84. The van der Waals surface area contributed by atoms with Gasteiger partial charge in [-0.1, -0.05) is 6.07 Å². The number of aryl methyl sites for hydroxylation is 1. The predicted octanol–water partition coefficient (Wildman–Crippen LogP) is 0.960. The number of nitrogens with one attached hydrogen (secondary N) is 1. The van der Waals surface area contributed by atoms with Crippen molar-refractivity contribution in [3.05, 3.63) is 30.1 Å². The van der Waals surface area contributed by atoms with Gasteiger partial charge in [-0.3, -0.25) is 4.79 Å². The minimum absolute atomic E-state index is 0.384. The molecule has 1 aromatic carbocycles. The zero-order valence-electron chi connectivity index (χ0n) is 10.8. The van der Waals surface area contributed by atoms with Gasteiger partial charge in [0.15, 0.2) is 0 Å². The van der Waals surface area contributed by atoms with E-state index in [0.29, 0.717) is 6.54 Å². The van der Waals surface area contributed by atoms with Crippen LogP contribution in [0.3, 0.4) is 0 Å². The molecule has 0 bridgehead atoms. The van der Waals surface area contributed by atoms with Crippen LogP contribution in [0.4, 0.5) is 0 Å². The van der Waals surface area contributed by atoms with Gasteiger partial charge in [0.25, 0.3) is 5.91 Å². The van der Waals surface area contributed by atoms with Crippen molar-refractivity contribution in [1.82, 2.24) is 14.9 Å². The van der Waals surface area contributed by atoms with Gasteiger partial charge in [0, 0.05) is 13.6 Å². The number of benzene rings is 1. The van der Waals surface area contributed by atoms with Crippen molar-refractivity contribution in [3.63, 3.8) is 0 Å². The van der Waals surface area contributed by atoms with Crippen LogP contribution in [0.5, 0.6) is 0 Å². The molecule has 0 aliphatic heterocycles. The number of rotatable bonds is 3. The average molecular weight is 247 g/mol. The van der Waals surface area contributed by atoms with Gasteiger partial charge in [0.05, 0.1) is 17.4 Å². The number of hydrogen-bond acceptors (Lipinski definition) is 3. The Balaban J connectivity index is 2.11. The zero-order chi connectivity index (χ0) is 13.3. The Hall–Kier alpha value is -1.88. The highest BCUT2D eigenvalue weighted by Crippen LogP contribution is 2.14. The van der Waals surface area contributed by atoms with Crippen LogP contribution < -0.4 is 5.32 Å². The molecule has 2 N–H and O–H groups in total. The molecule has 0 spiro atoms. The minimum atomic E-state index is -1.35. The van der Waals surface area contributed by atoms with Crippen molar-refractivity contribution in [1.29, 1.82) is 0 Å². The van der Waals surface area contributed by atoms with E-state index < -0.39 is 5.60 Å². The van der Waals surface area contributed by atoms with Crippen LogP contribution in [0.2, 0.25) is 0 Å². The number of carbonyl (C=O) groups excluding carboxylic acids is 1. The molecule has 1 aromatic heterocycles. The summed E-state index contributed by atoms with van der Waals surface area (Å²) >= 11 is 0. The van der Waals surface area contributed by atoms with E-state index in [4.69, 9.17) is 0 Å². The number of aromatic nitrogens is 2. The van der Waals surface area contributed by atoms with E-state index in [1.165, 1.54) is 13.8 Å². The lowest BCUT2D eigenvalue weighted by Gasteiger charge is -2.16. The molecule has 0 radical (unpaired) electrons. The maximum atomic E-state index is 11.5. The second-order valence-corrected chi connectivity index (χ2v) is 4.92. The summed E-state index contributed by atoms with van der Waals surface area (Å²) in [5.74, 6) is -0.386. The smallest absolute Gasteiger partial charge is 0.251 e. The fourth-order valence-corrected chi connectivity index (χ4v) is 1.69. The lowest BCUT2D eigenvalue weighted by Crippen LogP contribution is -2.41. The predicted molar refractivity (Wildman–Crippen MR) is 68.9 cm³/mol. The third-order valence-electron chi connectivity index (χ3n) is 2.80. The Labute approximate surface area is 105 Å². The molecule has 5 heteroatoms. The van der Waals surface area contributed by atoms with Crippen molar-refractivity contribution in [2.75, 3.05) is 0 Å². The fraction of sp³-hybridized carbons (Fsp3) is 0.385. The van der Waals surface area contributed by atoms with Crippen LogP contribution in [0.25, 0.3) is 11.0 Å². The molecule has 0 aliphatic rings. The van der Waals surface area contributed by atoms with Gasteiger partial charge < -0.3 is 15.0 Å². The summed E-state index contributed by atoms with van der Waals surface area (Å²) in [5, 5.41) is 12.2. The Bertz CT molecular complexity index is 581. The van der Waals surface area contributed by atoms with Crippen LogP contribution >= 0.6 is 0 Å². The number of nitrogens with zero attached hydrogens (tertiary/aromatic N) is 2. The average Bonchev–Trinajstić information content (AvgIpc) is 2.66. The first kappa shape index (κ1) is 12.6. The molecule has 0 saturated heterocycles. The highest BCUT2D eigenvalue weighted by atomic mass is 16.3. The number of aliphatic hydroxyl groups is 1. The second kappa shape index (κ2) is 4.42. The van der Waals surface area contributed by atoms with Crippen LogP contribution in [0, 0.1) is 0 Å². The maximum absolute atomic E-state index is 11.5. The lowest BCUT2D eigenvalue weighted by atomic mass is 10.1. The van der Waals surface area contributed by atoms with E-state index in [1.807, 2.05) is 29.8 Å². The Morgan fingerprint density at radius 3 is 2.89 bits per heavy atom. The minimum Gasteiger partial charge on any atom is -0.381 e. The van der Waals surface area contributed by atoms with Crippen LogP contribution in [0.1, 0.15) is 19.4 Å². The molecule has 2 rings (SSSR count). The van der Waals surface area contributed by atoms with Gasteiger partial charge in [0.2, 0.25) is 0 Å². The third-order valence-corrected chi connectivity index (χ3v) is 2.80. The first-order valence-electron chi connectivity index (χ1n) is 5.78. The van der Waals surface area contributed by atoms with Crippen LogP contribution in [-0.4, -0.2) is 26.2 Å². The first-order valence-corrected chi connectivity index (χ1v) is 5.78. The van der Waals surface area contributed by atoms with Gasteiger partial charge in [-0.15, -0.1) is 0 Å². The number of carbonyl (C=O) groups is 1. The molecule has 1 heterocycles. The van der Waals surface area contributed by atoms with Gasteiger partial charge >= 0.3 is 0 Å². The molecular formula is C13H17N3O2. The lowest BCUT2D eigenvalue weighted by molar-refractivity contribution is -0.136. The van der Waals surface area contributed by atoms with Crippen molar-refractivity contribution >= 4 is 16.9 Å². The molecule has 2 aromatic rings. The molecule has 0 fully saturated rings. The van der Waals surface area contributed by atoms with Gasteiger partial charge in [-0.05, 0) is 31.5 Å². The molecule has 0 saturated carbocycles. The normalized spacial score (nSPS) is 11.8. The van der Waals surface area contributed by atoms with Crippen molar-refractivity contribution in [3.8, 4) is 0 Å². The monoisotopic (exact) mass is 247 g/mol. The van der Waals surface area contributed by atoms with E-state index in [1.54, 1.807) is 6.33 Å². The Morgan fingerprint density at radius 1 is 1.50 bits per heavy atom. The topological polar surface area (TPSA) is 67.2 Å². The number of fused-ring (bicyclic) bond motifs is 1. The number of amides is 1. The summed E-state index contributed by atoms with van der Waals surface area (Å²) < 4.78 is 1.94. The van der Waals surface area contributed by atoms with Crippen LogP contribution in [0.15, 0.2) is 24.5 Å². The summed E-state index contributed by atoms with van der Waals surface area (Å²) in [6.07, 6.45) is 1.75. The molecule has 5 nitrogen and oxygen atoms in total. The molecule has 1 amide bonds. The van der Waals surface area contributed by atoms with Crippen LogP contribution in [-0.2, 0) is 18.4 Å². The number of hydrogen-bond donors (Lipinski definition) is 2. The molecule has 0 atom stereocenters. The van der Waals surface area contributed by atoms with Gasteiger partial charge in [0.1, 0.15) is 5.60 Å². The van der Waals surface area contributed by atoms with Gasteiger partial charge in [-0.25, -0.2) is 4.98 Å².